The third-order valence-electron chi connectivity index (χ3n) is 5.33. The van der Waals surface area contributed by atoms with Crippen molar-refractivity contribution in [2.24, 2.45) is 0 Å². The molecule has 0 bridgehead atoms. The van der Waals surface area contributed by atoms with Crippen LogP contribution in [0, 0.1) is 20.8 Å². The lowest BCUT2D eigenvalue weighted by Gasteiger charge is -2.14. The summed E-state index contributed by atoms with van der Waals surface area (Å²) in [6.07, 6.45) is 0. The Morgan fingerprint density at radius 3 is 2.17 bits per heavy atom. The molecule has 3 heteroatoms. The van der Waals surface area contributed by atoms with Crippen molar-refractivity contribution in [1.29, 1.82) is 0 Å². The predicted molar refractivity (Wildman–Crippen MR) is 125 cm³/mol. The summed E-state index contributed by atoms with van der Waals surface area (Å²) in [5.41, 5.74) is 9.11. The molecule has 1 aromatic heterocycles. The van der Waals surface area contributed by atoms with E-state index in [0.29, 0.717) is 6.54 Å². The summed E-state index contributed by atoms with van der Waals surface area (Å²) in [5, 5.41) is 14.5. The van der Waals surface area contributed by atoms with Gasteiger partial charge in [0.2, 0.25) is 0 Å². The van der Waals surface area contributed by atoms with Gasteiger partial charge in [0.15, 0.2) is 0 Å². The maximum atomic E-state index is 10.9. The van der Waals surface area contributed by atoms with Crippen molar-refractivity contribution in [2.45, 2.75) is 27.3 Å². The van der Waals surface area contributed by atoms with E-state index in [0.717, 1.165) is 33.8 Å². The van der Waals surface area contributed by atoms with Crippen LogP contribution in [0.25, 0.3) is 22.4 Å². The number of phenols is 1. The highest BCUT2D eigenvalue weighted by Gasteiger charge is 2.12. The van der Waals surface area contributed by atoms with Crippen molar-refractivity contribution in [1.82, 2.24) is 4.98 Å². The Morgan fingerprint density at radius 2 is 1.43 bits per heavy atom. The lowest BCUT2D eigenvalue weighted by molar-refractivity contribution is 0.479. The van der Waals surface area contributed by atoms with Gasteiger partial charge in [-0.05, 0) is 55.7 Å². The van der Waals surface area contributed by atoms with Crippen molar-refractivity contribution >= 4 is 5.69 Å². The molecule has 2 N–H and O–H groups in total. The minimum Gasteiger partial charge on any atom is -0.507 e. The molecular weight excluding hydrogens is 368 g/mol. The molecule has 0 radical (unpaired) electrons. The molecule has 4 aromatic rings. The predicted octanol–water partition coefficient (Wildman–Crippen LogP) is 6.66. The maximum absolute atomic E-state index is 10.9. The zero-order valence-corrected chi connectivity index (χ0v) is 17.6. The van der Waals surface area contributed by atoms with Crippen molar-refractivity contribution < 1.29 is 5.11 Å². The second kappa shape index (κ2) is 8.42. The molecular formula is C27H26N2O. The van der Waals surface area contributed by atoms with Crippen LogP contribution in [0.1, 0.15) is 22.4 Å². The highest BCUT2D eigenvalue weighted by molar-refractivity contribution is 5.80. The molecule has 0 spiro atoms. The molecule has 0 atom stereocenters. The molecule has 0 unspecified atom stereocenters. The van der Waals surface area contributed by atoms with Crippen LogP contribution in [0.2, 0.25) is 0 Å². The highest BCUT2D eigenvalue weighted by atomic mass is 16.3. The van der Waals surface area contributed by atoms with Crippen LogP contribution in [0.5, 0.6) is 5.75 Å². The van der Waals surface area contributed by atoms with Gasteiger partial charge in [-0.1, -0.05) is 66.2 Å². The number of hydrogen-bond donors (Lipinski definition) is 2. The van der Waals surface area contributed by atoms with Gasteiger partial charge in [-0.3, -0.25) is 4.98 Å². The highest BCUT2D eigenvalue weighted by Crippen LogP contribution is 2.37. The average molecular weight is 395 g/mol. The zero-order valence-electron chi connectivity index (χ0n) is 17.6. The van der Waals surface area contributed by atoms with Crippen LogP contribution in [0.3, 0.4) is 0 Å². The van der Waals surface area contributed by atoms with Crippen LogP contribution in [-0.2, 0) is 6.54 Å². The van der Waals surface area contributed by atoms with Crippen LogP contribution in [0.4, 0.5) is 5.69 Å². The number of phenolic OH excluding ortho intramolecular Hbond substituents is 1. The molecule has 0 saturated heterocycles. The van der Waals surface area contributed by atoms with E-state index < -0.39 is 0 Å². The Hall–Kier alpha value is -3.59. The monoisotopic (exact) mass is 394 g/mol. The number of para-hydroxylation sites is 1. The number of nitrogens with zero attached hydrogens (tertiary/aromatic N) is 1. The number of aryl methyl sites for hydroxylation is 3. The van der Waals surface area contributed by atoms with Crippen LogP contribution in [-0.4, -0.2) is 10.1 Å². The Labute approximate surface area is 178 Å². The van der Waals surface area contributed by atoms with E-state index in [9.17, 15) is 5.11 Å². The van der Waals surface area contributed by atoms with Gasteiger partial charge in [0.25, 0.3) is 0 Å². The number of aromatic nitrogens is 1. The Balaban J connectivity index is 1.62. The molecule has 0 fully saturated rings. The Morgan fingerprint density at radius 1 is 0.767 bits per heavy atom. The molecule has 3 aromatic carbocycles. The number of aromatic hydroxyl groups is 1. The van der Waals surface area contributed by atoms with E-state index in [1.54, 1.807) is 0 Å². The third-order valence-corrected chi connectivity index (χ3v) is 5.33. The van der Waals surface area contributed by atoms with Crippen LogP contribution >= 0.6 is 0 Å². The van der Waals surface area contributed by atoms with E-state index in [4.69, 9.17) is 4.98 Å². The van der Waals surface area contributed by atoms with Gasteiger partial charge >= 0.3 is 0 Å². The van der Waals surface area contributed by atoms with E-state index in [1.165, 1.54) is 16.7 Å². The largest absolute Gasteiger partial charge is 0.507 e. The van der Waals surface area contributed by atoms with Gasteiger partial charge < -0.3 is 10.4 Å². The van der Waals surface area contributed by atoms with Crippen molar-refractivity contribution in [3.05, 3.63) is 101 Å². The SMILES string of the molecule is Cc1cc(C)c(NCc2cccc(-c3cccc(-c4ccccc4)c3O)n2)c(C)c1. The standard InChI is InChI=1S/C27H26N2O/c1-18-15-19(2)26(20(3)16-18)28-17-22-11-7-14-25(29-22)24-13-8-12-23(27(24)30)21-9-5-4-6-10-21/h4-16,28,30H,17H2,1-3H3. The Bertz CT molecular complexity index is 1160. The summed E-state index contributed by atoms with van der Waals surface area (Å²) in [7, 11) is 0. The summed E-state index contributed by atoms with van der Waals surface area (Å²) in [6, 6.07) is 26.0. The number of anilines is 1. The first-order valence-corrected chi connectivity index (χ1v) is 10.2. The third kappa shape index (κ3) is 4.06. The van der Waals surface area contributed by atoms with E-state index in [1.807, 2.05) is 66.7 Å². The summed E-state index contributed by atoms with van der Waals surface area (Å²) >= 11 is 0. The smallest absolute Gasteiger partial charge is 0.132 e. The molecule has 0 saturated carbocycles. The molecule has 1 heterocycles. The number of pyridine rings is 1. The second-order valence-electron chi connectivity index (χ2n) is 7.71. The quantitative estimate of drug-likeness (QED) is 0.398. The molecule has 0 aliphatic carbocycles. The second-order valence-corrected chi connectivity index (χ2v) is 7.71. The van der Waals surface area contributed by atoms with Gasteiger partial charge in [-0.25, -0.2) is 0 Å². The van der Waals surface area contributed by atoms with Gasteiger partial charge in [-0.15, -0.1) is 0 Å². The maximum Gasteiger partial charge on any atom is 0.132 e. The van der Waals surface area contributed by atoms with Gasteiger partial charge in [0.05, 0.1) is 17.9 Å². The topological polar surface area (TPSA) is 45.1 Å². The first kappa shape index (κ1) is 19.7. The summed E-state index contributed by atoms with van der Waals surface area (Å²) in [5.74, 6) is 0.256. The summed E-state index contributed by atoms with van der Waals surface area (Å²) in [4.78, 5) is 4.81. The molecule has 0 aliphatic rings. The Kier molecular flexibility index (Phi) is 5.53. The summed E-state index contributed by atoms with van der Waals surface area (Å²) < 4.78 is 0. The molecule has 0 aliphatic heterocycles. The normalized spacial score (nSPS) is 10.8. The average Bonchev–Trinajstić information content (AvgIpc) is 2.74. The number of nitrogens with one attached hydrogen (secondary N) is 1. The fourth-order valence-electron chi connectivity index (χ4n) is 3.97. The van der Waals surface area contributed by atoms with Crippen LogP contribution in [0.15, 0.2) is 78.9 Å². The van der Waals surface area contributed by atoms with Crippen molar-refractivity contribution in [3.63, 3.8) is 0 Å². The number of rotatable bonds is 5. The summed E-state index contributed by atoms with van der Waals surface area (Å²) in [6.45, 7) is 6.99. The van der Waals surface area contributed by atoms with Gasteiger partial charge in [0, 0.05) is 16.8 Å². The van der Waals surface area contributed by atoms with E-state index >= 15 is 0 Å². The first-order valence-electron chi connectivity index (χ1n) is 10.2. The molecule has 30 heavy (non-hydrogen) atoms. The van der Waals surface area contributed by atoms with E-state index in [2.05, 4.69) is 38.2 Å². The molecule has 0 amide bonds. The number of hydrogen-bond acceptors (Lipinski definition) is 3. The fraction of sp³-hybridized carbons (Fsp3) is 0.148. The fourth-order valence-corrected chi connectivity index (χ4v) is 3.97. The number of benzene rings is 3. The van der Waals surface area contributed by atoms with Gasteiger partial charge in [0.1, 0.15) is 5.75 Å². The minimum absolute atomic E-state index is 0.256. The first-order chi connectivity index (χ1) is 14.5. The molecule has 4 rings (SSSR count). The lowest BCUT2D eigenvalue weighted by atomic mass is 9.99. The van der Waals surface area contributed by atoms with Crippen LogP contribution < -0.4 is 5.32 Å². The molecule has 150 valence electrons. The zero-order chi connectivity index (χ0) is 21.1. The molecule has 3 nitrogen and oxygen atoms in total. The lowest BCUT2D eigenvalue weighted by Crippen LogP contribution is -2.05. The minimum atomic E-state index is 0.256. The van der Waals surface area contributed by atoms with Crippen molar-refractivity contribution in [3.8, 4) is 28.1 Å². The van der Waals surface area contributed by atoms with E-state index in [-0.39, 0.29) is 5.75 Å². The van der Waals surface area contributed by atoms with Crippen molar-refractivity contribution in [2.75, 3.05) is 5.32 Å². The van der Waals surface area contributed by atoms with Gasteiger partial charge in [-0.2, -0.15) is 0 Å².